The Labute approximate surface area is 187 Å². The minimum atomic E-state index is -1.18. The second-order valence-electron chi connectivity index (χ2n) is 11.6. The number of rotatable bonds is 4. The maximum absolute atomic E-state index is 16.4. The highest BCUT2D eigenvalue weighted by atomic mass is 19.1. The Balaban J connectivity index is 1.32. The zero-order valence-corrected chi connectivity index (χ0v) is 19.0. The van der Waals surface area contributed by atoms with Gasteiger partial charge >= 0.3 is 5.69 Å². The third-order valence-electron chi connectivity index (χ3n) is 9.85. The van der Waals surface area contributed by atoms with E-state index in [1.807, 2.05) is 6.92 Å². The molecule has 176 valence electrons. The van der Waals surface area contributed by atoms with Crippen molar-refractivity contribution in [2.75, 3.05) is 0 Å². The van der Waals surface area contributed by atoms with E-state index in [0.29, 0.717) is 31.1 Å². The second-order valence-corrected chi connectivity index (χ2v) is 11.6. The molecule has 4 fully saturated rings. The van der Waals surface area contributed by atoms with Crippen molar-refractivity contribution in [2.45, 2.75) is 89.4 Å². The fraction of sp³-hybridized carbons (Fsp3) is 0.833. The lowest BCUT2D eigenvalue weighted by Crippen LogP contribution is -2.58. The molecule has 0 aliphatic heterocycles. The number of Topliss-reactive ketones (excluding diaryl/α,β-unsaturated/α-hetero) is 1. The lowest BCUT2D eigenvalue weighted by Gasteiger charge is -2.59. The van der Waals surface area contributed by atoms with Crippen molar-refractivity contribution in [3.8, 4) is 0 Å². The highest BCUT2D eigenvalue weighted by molar-refractivity contribution is 5.82. The maximum atomic E-state index is 16.4. The van der Waals surface area contributed by atoms with Gasteiger partial charge in [0.1, 0.15) is 24.6 Å². The van der Waals surface area contributed by atoms with E-state index >= 15 is 4.39 Å². The monoisotopic (exact) mass is 447 g/mol. The Morgan fingerprint density at radius 1 is 1.22 bits per heavy atom. The van der Waals surface area contributed by atoms with Gasteiger partial charge in [-0.15, -0.1) is 0 Å². The molecule has 0 radical (unpaired) electrons. The van der Waals surface area contributed by atoms with Crippen molar-refractivity contribution in [2.24, 2.45) is 35.0 Å². The van der Waals surface area contributed by atoms with Gasteiger partial charge in [-0.3, -0.25) is 19.6 Å². The molecule has 7 nitrogen and oxygen atoms in total. The molecule has 0 bridgehead atoms. The first-order valence-electron chi connectivity index (χ1n) is 12.1. The third kappa shape index (κ3) is 3.32. The van der Waals surface area contributed by atoms with Crippen molar-refractivity contribution in [3.63, 3.8) is 0 Å². The molecule has 8 heteroatoms. The van der Waals surface area contributed by atoms with Gasteiger partial charge in [0.25, 0.3) is 0 Å². The number of hydrogen-bond donors (Lipinski definition) is 1. The van der Waals surface area contributed by atoms with Gasteiger partial charge in [-0.25, -0.2) is 4.39 Å². The van der Waals surface area contributed by atoms with Crippen LogP contribution in [-0.2, 0) is 11.3 Å². The Morgan fingerprint density at radius 2 is 2.00 bits per heavy atom. The van der Waals surface area contributed by atoms with E-state index in [4.69, 9.17) is 0 Å². The van der Waals surface area contributed by atoms with E-state index in [9.17, 15) is 20.0 Å². The van der Waals surface area contributed by atoms with Crippen LogP contribution in [0.4, 0.5) is 10.1 Å². The lowest BCUT2D eigenvalue weighted by atomic mass is 9.48. The number of nitrogens with zero attached hydrogens (tertiary/aromatic N) is 3. The summed E-state index contributed by atoms with van der Waals surface area (Å²) < 4.78 is 17.8. The van der Waals surface area contributed by atoms with Crippen LogP contribution >= 0.6 is 0 Å². The molecule has 4 aliphatic carbocycles. The van der Waals surface area contributed by atoms with Crippen LogP contribution < -0.4 is 0 Å². The number of fused-ring (bicyclic) bond motifs is 5. The summed E-state index contributed by atoms with van der Waals surface area (Å²) in [6.45, 7) is 4.12. The second kappa shape index (κ2) is 7.34. The summed E-state index contributed by atoms with van der Waals surface area (Å²) >= 11 is 0. The van der Waals surface area contributed by atoms with Crippen LogP contribution in [0.2, 0.25) is 0 Å². The van der Waals surface area contributed by atoms with Gasteiger partial charge in [0.2, 0.25) is 0 Å². The Morgan fingerprint density at radius 3 is 2.72 bits per heavy atom. The molecule has 4 saturated carbocycles. The standard InChI is InChI=1S/C24H34FN3O4/c1-22(30)9-10-24(25)15(11-22)3-4-17-18-5-6-20(23(18,2)8-7-19(17)24)21(29)14-27-13-16(12-26-27)28(31)32/h12-13,15,17-20,30H,3-11,14H2,1-2H3/t15-,17-,18-,19-,20+,22+,23-,24+/m0/s1. The summed E-state index contributed by atoms with van der Waals surface area (Å²) in [5.74, 6) is 0.630. The predicted molar refractivity (Wildman–Crippen MR) is 115 cm³/mol. The van der Waals surface area contributed by atoms with Crippen LogP contribution in [0.25, 0.3) is 0 Å². The third-order valence-corrected chi connectivity index (χ3v) is 9.85. The summed E-state index contributed by atoms with van der Waals surface area (Å²) in [5, 5.41) is 25.4. The normalized spacial score (nSPS) is 45.6. The van der Waals surface area contributed by atoms with Crippen molar-refractivity contribution in [1.29, 1.82) is 0 Å². The number of aliphatic hydroxyl groups is 1. The Bertz CT molecular complexity index is 932. The number of alkyl halides is 1. The van der Waals surface area contributed by atoms with E-state index in [-0.39, 0.29) is 41.2 Å². The van der Waals surface area contributed by atoms with Gasteiger partial charge in [0.05, 0.1) is 10.5 Å². The molecule has 5 rings (SSSR count). The molecule has 1 aromatic rings. The van der Waals surface area contributed by atoms with E-state index in [1.165, 1.54) is 17.1 Å². The largest absolute Gasteiger partial charge is 0.390 e. The smallest absolute Gasteiger partial charge is 0.307 e. The van der Waals surface area contributed by atoms with Gasteiger partial charge in [0, 0.05) is 5.92 Å². The number of carbonyl (C=O) groups is 1. The van der Waals surface area contributed by atoms with E-state index in [0.717, 1.165) is 38.5 Å². The summed E-state index contributed by atoms with van der Waals surface area (Å²) in [6.07, 6.45) is 9.28. The molecule has 8 atom stereocenters. The van der Waals surface area contributed by atoms with Crippen LogP contribution in [0.1, 0.15) is 71.6 Å². The molecule has 0 saturated heterocycles. The van der Waals surface area contributed by atoms with Crippen molar-refractivity contribution in [1.82, 2.24) is 9.78 Å². The molecule has 0 amide bonds. The van der Waals surface area contributed by atoms with Crippen molar-refractivity contribution >= 4 is 11.5 Å². The topological polar surface area (TPSA) is 98.3 Å². The molecular formula is C24H34FN3O4. The number of aromatic nitrogens is 2. The fourth-order valence-electron chi connectivity index (χ4n) is 8.31. The molecular weight excluding hydrogens is 413 g/mol. The van der Waals surface area contributed by atoms with Gasteiger partial charge in [-0.1, -0.05) is 6.92 Å². The molecule has 1 heterocycles. The highest BCUT2D eigenvalue weighted by Gasteiger charge is 2.63. The molecule has 1 N–H and O–H groups in total. The molecule has 32 heavy (non-hydrogen) atoms. The van der Waals surface area contributed by atoms with Crippen LogP contribution in [0.5, 0.6) is 0 Å². The van der Waals surface area contributed by atoms with Gasteiger partial charge in [-0.05, 0) is 93.8 Å². The first-order chi connectivity index (χ1) is 15.0. The van der Waals surface area contributed by atoms with Crippen LogP contribution in [0.3, 0.4) is 0 Å². The summed E-state index contributed by atoms with van der Waals surface area (Å²) in [6, 6.07) is 0. The molecule has 1 aromatic heterocycles. The van der Waals surface area contributed by atoms with Crippen LogP contribution in [-0.4, -0.2) is 36.9 Å². The van der Waals surface area contributed by atoms with Gasteiger partial charge in [-0.2, -0.15) is 5.10 Å². The van der Waals surface area contributed by atoms with Gasteiger partial charge in [0.15, 0.2) is 5.78 Å². The molecule has 0 aromatic carbocycles. The average molecular weight is 448 g/mol. The van der Waals surface area contributed by atoms with E-state index in [2.05, 4.69) is 12.0 Å². The van der Waals surface area contributed by atoms with Gasteiger partial charge < -0.3 is 5.11 Å². The molecule has 0 spiro atoms. The van der Waals surface area contributed by atoms with Crippen LogP contribution in [0, 0.1) is 45.1 Å². The number of nitro groups is 1. The number of carbonyl (C=O) groups excluding carboxylic acids is 1. The minimum Gasteiger partial charge on any atom is -0.390 e. The first kappa shape index (κ1) is 22.0. The fourth-order valence-corrected chi connectivity index (χ4v) is 8.31. The maximum Gasteiger partial charge on any atom is 0.307 e. The molecule has 4 aliphatic rings. The predicted octanol–water partition coefficient (Wildman–Crippen LogP) is 4.47. The van der Waals surface area contributed by atoms with E-state index in [1.54, 1.807) is 0 Å². The van der Waals surface area contributed by atoms with Crippen LogP contribution in [0.15, 0.2) is 12.4 Å². The number of hydrogen-bond acceptors (Lipinski definition) is 5. The SMILES string of the molecule is C[C@@]1(O)CC[C@@]2(F)[C@@H](CC[C@H]3[C@@H]4CC[C@H](C(=O)Cn5cc([N+](=O)[O-])cn5)[C@@]4(C)CC[C@@H]32)C1. The summed E-state index contributed by atoms with van der Waals surface area (Å²) in [4.78, 5) is 23.7. The Kier molecular flexibility index (Phi) is 5.04. The Hall–Kier alpha value is -1.83. The number of halogens is 1. The zero-order chi connectivity index (χ0) is 22.9. The zero-order valence-electron chi connectivity index (χ0n) is 19.0. The van der Waals surface area contributed by atoms with Crippen molar-refractivity contribution in [3.05, 3.63) is 22.5 Å². The van der Waals surface area contributed by atoms with Crippen molar-refractivity contribution < 1.29 is 19.2 Å². The van der Waals surface area contributed by atoms with E-state index < -0.39 is 16.2 Å². The summed E-state index contributed by atoms with van der Waals surface area (Å²) in [5.41, 5.74) is -2.17. The number of ketones is 1. The highest BCUT2D eigenvalue weighted by Crippen LogP contribution is 2.66. The summed E-state index contributed by atoms with van der Waals surface area (Å²) in [7, 11) is 0. The quantitative estimate of drug-likeness (QED) is 0.542. The lowest BCUT2D eigenvalue weighted by molar-refractivity contribution is -0.385. The molecule has 0 unspecified atom stereocenters. The average Bonchev–Trinajstić information content (AvgIpc) is 3.32. The minimum absolute atomic E-state index is 0.0399. The first-order valence-corrected chi connectivity index (χ1v) is 12.1.